The van der Waals surface area contributed by atoms with E-state index in [2.05, 4.69) is 81.0 Å². The van der Waals surface area contributed by atoms with Gasteiger partial charge in [-0.25, -0.2) is 9.97 Å². The first-order valence-electron chi connectivity index (χ1n) is 8.81. The number of fused-ring (bicyclic) bond motifs is 2. The topological polar surface area (TPSA) is 57.4 Å². The Morgan fingerprint density at radius 2 is 1.60 bits per heavy atom. The van der Waals surface area contributed by atoms with Crippen LogP contribution in [0.5, 0.6) is 0 Å². The Balaban J connectivity index is 1.82. The molecule has 0 fully saturated rings. The Kier molecular flexibility index (Phi) is 3.46. The molecule has 4 rings (SSSR count). The second-order valence-electron chi connectivity index (χ2n) is 8.09. The molecule has 2 N–H and O–H groups in total. The number of imidazole rings is 2. The summed E-state index contributed by atoms with van der Waals surface area (Å²) in [5, 5.41) is 0. The van der Waals surface area contributed by atoms with Gasteiger partial charge in [-0.15, -0.1) is 0 Å². The van der Waals surface area contributed by atoms with Crippen molar-refractivity contribution in [2.45, 2.75) is 46.0 Å². The third-order valence-electron chi connectivity index (χ3n) is 4.62. The summed E-state index contributed by atoms with van der Waals surface area (Å²) in [6, 6.07) is 12.7. The van der Waals surface area contributed by atoms with Crippen molar-refractivity contribution in [1.82, 2.24) is 19.9 Å². The normalized spacial score (nSPS) is 12.6. The summed E-state index contributed by atoms with van der Waals surface area (Å²) in [6.45, 7) is 10.9. The average molecular weight is 332 g/mol. The van der Waals surface area contributed by atoms with Gasteiger partial charge in [0.1, 0.15) is 11.6 Å². The lowest BCUT2D eigenvalue weighted by Gasteiger charge is -2.13. The zero-order valence-corrected chi connectivity index (χ0v) is 15.4. The van der Waals surface area contributed by atoms with Gasteiger partial charge in [-0.1, -0.05) is 52.8 Å². The highest BCUT2D eigenvalue weighted by atomic mass is 15.0. The molecule has 0 spiro atoms. The fourth-order valence-electron chi connectivity index (χ4n) is 3.05. The molecule has 2 aromatic carbocycles. The van der Waals surface area contributed by atoms with Crippen molar-refractivity contribution in [1.29, 1.82) is 0 Å². The van der Waals surface area contributed by atoms with Crippen molar-refractivity contribution in [3.63, 3.8) is 0 Å². The minimum absolute atomic E-state index is 0.00258. The fourth-order valence-corrected chi connectivity index (χ4v) is 3.05. The van der Waals surface area contributed by atoms with Crippen LogP contribution in [0.3, 0.4) is 0 Å². The first-order valence-corrected chi connectivity index (χ1v) is 8.81. The minimum Gasteiger partial charge on any atom is -0.341 e. The molecule has 4 heteroatoms. The highest BCUT2D eigenvalue weighted by Crippen LogP contribution is 2.28. The molecular formula is C21H24N4. The molecule has 0 saturated heterocycles. The average Bonchev–Trinajstić information content (AvgIpc) is 3.15. The summed E-state index contributed by atoms with van der Waals surface area (Å²) in [4.78, 5) is 16.4. The van der Waals surface area contributed by atoms with Crippen LogP contribution in [0.2, 0.25) is 0 Å². The Labute approximate surface area is 147 Å². The van der Waals surface area contributed by atoms with Crippen LogP contribution in [0.15, 0.2) is 36.4 Å². The summed E-state index contributed by atoms with van der Waals surface area (Å²) < 4.78 is 0. The molecule has 0 aliphatic heterocycles. The Bertz CT molecular complexity index is 1010. The third-order valence-corrected chi connectivity index (χ3v) is 4.62. The fraction of sp³-hybridized carbons (Fsp3) is 0.333. The van der Waals surface area contributed by atoms with Crippen LogP contribution in [0.1, 0.15) is 51.9 Å². The Morgan fingerprint density at radius 1 is 0.880 bits per heavy atom. The number of benzene rings is 2. The van der Waals surface area contributed by atoms with Gasteiger partial charge in [0.05, 0.1) is 22.1 Å². The number of hydrogen-bond donors (Lipinski definition) is 2. The number of aromatic amines is 2. The smallest absolute Gasteiger partial charge is 0.138 e. The Morgan fingerprint density at radius 3 is 2.32 bits per heavy atom. The van der Waals surface area contributed by atoms with Crippen molar-refractivity contribution >= 4 is 22.1 Å². The van der Waals surface area contributed by atoms with Crippen molar-refractivity contribution in [3.8, 4) is 11.4 Å². The minimum atomic E-state index is 0.00258. The lowest BCUT2D eigenvalue weighted by Crippen LogP contribution is -2.12. The zero-order chi connectivity index (χ0) is 17.8. The van der Waals surface area contributed by atoms with Gasteiger partial charge in [0.15, 0.2) is 0 Å². The third kappa shape index (κ3) is 2.82. The van der Waals surface area contributed by atoms with Crippen LogP contribution in [0.4, 0.5) is 0 Å². The van der Waals surface area contributed by atoms with E-state index in [-0.39, 0.29) is 5.41 Å². The van der Waals surface area contributed by atoms with Crippen LogP contribution < -0.4 is 0 Å². The van der Waals surface area contributed by atoms with Crippen LogP contribution in [-0.2, 0) is 5.41 Å². The Hall–Kier alpha value is -2.62. The molecule has 0 unspecified atom stereocenters. The molecule has 2 aromatic heterocycles. The van der Waals surface area contributed by atoms with E-state index < -0.39 is 0 Å². The lowest BCUT2D eigenvalue weighted by molar-refractivity contribution is 0.554. The van der Waals surface area contributed by atoms with E-state index in [0.29, 0.717) is 5.92 Å². The van der Waals surface area contributed by atoms with Crippen LogP contribution in [0, 0.1) is 0 Å². The second kappa shape index (κ2) is 5.45. The van der Waals surface area contributed by atoms with E-state index in [1.807, 2.05) is 0 Å². The molecule has 0 aliphatic carbocycles. The molecule has 2 heterocycles. The maximum absolute atomic E-state index is 4.80. The number of nitrogens with one attached hydrogen (secondary N) is 2. The van der Waals surface area contributed by atoms with Gasteiger partial charge in [-0.05, 0) is 29.7 Å². The number of rotatable bonds is 2. The molecular weight excluding hydrogens is 308 g/mol. The van der Waals surface area contributed by atoms with Gasteiger partial charge in [-0.2, -0.15) is 0 Å². The lowest BCUT2D eigenvalue weighted by atomic mass is 9.96. The number of aromatic nitrogens is 4. The largest absolute Gasteiger partial charge is 0.341 e. The monoisotopic (exact) mass is 332 g/mol. The van der Waals surface area contributed by atoms with Crippen LogP contribution in [-0.4, -0.2) is 19.9 Å². The summed E-state index contributed by atoms with van der Waals surface area (Å²) in [5.74, 6) is 2.41. The molecule has 128 valence electrons. The summed E-state index contributed by atoms with van der Waals surface area (Å²) >= 11 is 0. The quantitative estimate of drug-likeness (QED) is 0.507. The maximum Gasteiger partial charge on any atom is 0.138 e. The number of H-pyrrole nitrogens is 2. The number of nitrogens with zero attached hydrogens (tertiary/aromatic N) is 2. The van der Waals surface area contributed by atoms with Gasteiger partial charge < -0.3 is 9.97 Å². The molecule has 0 radical (unpaired) electrons. The summed E-state index contributed by atoms with van der Waals surface area (Å²) in [6.07, 6.45) is 0. The van der Waals surface area contributed by atoms with Crippen molar-refractivity contribution in [2.75, 3.05) is 0 Å². The first-order chi connectivity index (χ1) is 11.8. The molecule has 0 saturated carbocycles. The van der Waals surface area contributed by atoms with E-state index in [9.17, 15) is 0 Å². The molecule has 0 amide bonds. The van der Waals surface area contributed by atoms with Gasteiger partial charge in [0.25, 0.3) is 0 Å². The van der Waals surface area contributed by atoms with Crippen molar-refractivity contribution in [2.24, 2.45) is 0 Å². The van der Waals surface area contributed by atoms with Crippen LogP contribution in [0.25, 0.3) is 33.5 Å². The predicted octanol–water partition coefficient (Wildman–Crippen LogP) is 5.53. The van der Waals surface area contributed by atoms with Crippen molar-refractivity contribution in [3.05, 3.63) is 47.8 Å². The molecule has 25 heavy (non-hydrogen) atoms. The molecule has 0 bridgehead atoms. The maximum atomic E-state index is 4.80. The molecule has 0 atom stereocenters. The first kappa shape index (κ1) is 15.9. The highest BCUT2D eigenvalue weighted by molar-refractivity contribution is 5.92. The van der Waals surface area contributed by atoms with Gasteiger partial charge >= 0.3 is 0 Å². The highest BCUT2D eigenvalue weighted by Gasteiger charge is 2.19. The molecule has 0 aliphatic rings. The predicted molar refractivity (Wildman–Crippen MR) is 104 cm³/mol. The van der Waals surface area contributed by atoms with Crippen LogP contribution >= 0.6 is 0 Å². The molecule has 4 aromatic rings. The second-order valence-corrected chi connectivity index (χ2v) is 8.09. The van der Waals surface area contributed by atoms with E-state index in [0.717, 1.165) is 39.3 Å². The van der Waals surface area contributed by atoms with Gasteiger partial charge in [-0.3, -0.25) is 0 Å². The summed E-state index contributed by atoms with van der Waals surface area (Å²) in [7, 11) is 0. The zero-order valence-electron chi connectivity index (χ0n) is 15.4. The van der Waals surface area contributed by atoms with E-state index >= 15 is 0 Å². The number of hydrogen-bond acceptors (Lipinski definition) is 2. The molecule has 4 nitrogen and oxygen atoms in total. The summed E-state index contributed by atoms with van der Waals surface area (Å²) in [5.41, 5.74) is 6.43. The standard InChI is InChI=1S/C21H24N4/c1-12(2)13-7-6-8-14(9-13)19-22-15-10-17-18(11-16(15)23-19)25-20(24-17)21(3,4)5/h6-12H,1-5H3,(H,22,23)(H,24,25). The van der Waals surface area contributed by atoms with E-state index in [1.54, 1.807) is 0 Å². The van der Waals surface area contributed by atoms with Crippen molar-refractivity contribution < 1.29 is 0 Å². The SMILES string of the molecule is CC(C)c1cccc(-c2nc3cc4nc(C(C)(C)C)[nH]c4cc3[nH]2)c1. The van der Waals surface area contributed by atoms with Gasteiger partial charge in [0.2, 0.25) is 0 Å². The van der Waals surface area contributed by atoms with Gasteiger partial charge in [0, 0.05) is 11.0 Å². The van der Waals surface area contributed by atoms with E-state index in [4.69, 9.17) is 9.97 Å². The van der Waals surface area contributed by atoms with E-state index in [1.165, 1.54) is 5.56 Å².